The molecule has 0 aliphatic rings. The molecule has 0 aliphatic carbocycles. The van der Waals surface area contributed by atoms with Crippen LogP contribution in [0.25, 0.3) is 0 Å². The highest BCUT2D eigenvalue weighted by molar-refractivity contribution is 7.99. The highest BCUT2D eigenvalue weighted by atomic mass is 32.2. The molecule has 0 fully saturated rings. The second-order valence-corrected chi connectivity index (χ2v) is 5.63. The molecule has 2 aromatic heterocycles. The van der Waals surface area contributed by atoms with Gasteiger partial charge in [-0.3, -0.25) is 5.10 Å². The summed E-state index contributed by atoms with van der Waals surface area (Å²) in [5.41, 5.74) is 0. The van der Waals surface area contributed by atoms with Crippen LogP contribution in [0.2, 0.25) is 0 Å². The average molecular weight is 267 g/mol. The van der Waals surface area contributed by atoms with E-state index in [1.165, 1.54) is 11.8 Å². The maximum absolute atomic E-state index is 5.25. The molecule has 2 heterocycles. The minimum Gasteiger partial charge on any atom is -0.338 e. The van der Waals surface area contributed by atoms with Gasteiger partial charge in [0, 0.05) is 12.3 Å². The molecule has 0 saturated heterocycles. The Balaban J connectivity index is 2.04. The van der Waals surface area contributed by atoms with Crippen LogP contribution in [0.15, 0.2) is 9.68 Å². The summed E-state index contributed by atoms with van der Waals surface area (Å²) in [4.78, 5) is 8.71. The normalized spacial score (nSPS) is 13.2. The summed E-state index contributed by atoms with van der Waals surface area (Å²) in [7, 11) is 0. The van der Waals surface area contributed by atoms with Crippen molar-refractivity contribution in [2.24, 2.45) is 0 Å². The molecule has 0 radical (unpaired) electrons. The third-order valence-electron chi connectivity index (χ3n) is 2.45. The number of nitrogens with zero attached hydrogens (tertiary/aromatic N) is 4. The third kappa shape index (κ3) is 2.90. The molecule has 18 heavy (non-hydrogen) atoms. The standard InChI is InChI=1S/C11H17N5OS/c1-5-8-12-11(15-14-8)18-7(4)10-13-9(6(2)3)16-17-10/h6-7H,5H2,1-4H3,(H,12,14,15)/t7-/m0/s1. The monoisotopic (exact) mass is 267 g/mol. The Labute approximate surface area is 110 Å². The molecular weight excluding hydrogens is 250 g/mol. The Morgan fingerprint density at radius 1 is 1.28 bits per heavy atom. The van der Waals surface area contributed by atoms with Crippen molar-refractivity contribution < 1.29 is 4.52 Å². The number of hydrogen-bond acceptors (Lipinski definition) is 6. The van der Waals surface area contributed by atoms with Gasteiger partial charge >= 0.3 is 0 Å². The van der Waals surface area contributed by atoms with Gasteiger partial charge in [0.15, 0.2) is 5.82 Å². The SMILES string of the molecule is CCc1nc(S[C@@H](C)c2nc(C(C)C)no2)n[nH]1. The summed E-state index contributed by atoms with van der Waals surface area (Å²) >= 11 is 1.51. The Kier molecular flexibility index (Phi) is 4.00. The van der Waals surface area contributed by atoms with Crippen LogP contribution < -0.4 is 0 Å². The lowest BCUT2D eigenvalue weighted by Crippen LogP contribution is -1.93. The number of thioether (sulfide) groups is 1. The molecule has 7 heteroatoms. The Bertz CT molecular complexity index is 507. The highest BCUT2D eigenvalue weighted by Gasteiger charge is 2.18. The van der Waals surface area contributed by atoms with E-state index in [4.69, 9.17) is 4.52 Å². The zero-order chi connectivity index (χ0) is 13.1. The maximum atomic E-state index is 5.25. The first-order valence-electron chi connectivity index (χ1n) is 6.01. The van der Waals surface area contributed by atoms with Crippen LogP contribution in [-0.2, 0) is 6.42 Å². The zero-order valence-corrected chi connectivity index (χ0v) is 11.8. The van der Waals surface area contributed by atoms with Crippen LogP contribution in [0.4, 0.5) is 0 Å². The Morgan fingerprint density at radius 2 is 2.06 bits per heavy atom. The second-order valence-electron chi connectivity index (χ2n) is 4.32. The number of aromatic nitrogens is 5. The lowest BCUT2D eigenvalue weighted by atomic mass is 10.2. The second kappa shape index (κ2) is 5.51. The molecule has 0 aromatic carbocycles. The van der Waals surface area contributed by atoms with Gasteiger partial charge in [0.05, 0.1) is 5.25 Å². The van der Waals surface area contributed by atoms with Crippen molar-refractivity contribution >= 4 is 11.8 Å². The van der Waals surface area contributed by atoms with Crippen LogP contribution in [0.3, 0.4) is 0 Å². The predicted molar refractivity (Wildman–Crippen MR) is 68.4 cm³/mol. The summed E-state index contributed by atoms with van der Waals surface area (Å²) in [6.07, 6.45) is 0.847. The van der Waals surface area contributed by atoms with Gasteiger partial charge in [-0.1, -0.05) is 37.7 Å². The maximum Gasteiger partial charge on any atom is 0.239 e. The summed E-state index contributed by atoms with van der Waals surface area (Å²) < 4.78 is 5.25. The van der Waals surface area contributed by atoms with E-state index >= 15 is 0 Å². The molecule has 0 unspecified atom stereocenters. The lowest BCUT2D eigenvalue weighted by Gasteiger charge is -2.01. The minimum atomic E-state index is 0.0468. The van der Waals surface area contributed by atoms with Crippen LogP contribution in [0.5, 0.6) is 0 Å². The number of aryl methyl sites for hydroxylation is 1. The molecule has 2 rings (SSSR count). The van der Waals surface area contributed by atoms with Crippen LogP contribution in [-0.4, -0.2) is 25.3 Å². The quantitative estimate of drug-likeness (QED) is 0.839. The smallest absolute Gasteiger partial charge is 0.239 e. The van der Waals surface area contributed by atoms with Gasteiger partial charge in [-0.15, -0.1) is 5.10 Å². The van der Waals surface area contributed by atoms with Gasteiger partial charge < -0.3 is 4.52 Å². The van der Waals surface area contributed by atoms with Crippen molar-refractivity contribution in [2.75, 3.05) is 0 Å². The molecule has 6 nitrogen and oxygen atoms in total. The summed E-state index contributed by atoms with van der Waals surface area (Å²) in [5, 5.41) is 11.7. The molecule has 0 saturated carbocycles. The van der Waals surface area contributed by atoms with E-state index in [2.05, 4.69) is 25.3 Å². The topological polar surface area (TPSA) is 80.5 Å². The van der Waals surface area contributed by atoms with Crippen molar-refractivity contribution in [1.29, 1.82) is 0 Å². The first-order valence-corrected chi connectivity index (χ1v) is 6.89. The Hall–Kier alpha value is -1.37. The number of hydrogen-bond donors (Lipinski definition) is 1. The number of nitrogens with one attached hydrogen (secondary N) is 1. The van der Waals surface area contributed by atoms with Gasteiger partial charge in [0.25, 0.3) is 0 Å². The molecule has 0 aliphatic heterocycles. The summed E-state index contributed by atoms with van der Waals surface area (Å²) in [6.45, 7) is 8.11. The van der Waals surface area contributed by atoms with Crippen LogP contribution in [0, 0.1) is 0 Å². The van der Waals surface area contributed by atoms with Crippen molar-refractivity contribution in [3.8, 4) is 0 Å². The van der Waals surface area contributed by atoms with E-state index in [9.17, 15) is 0 Å². The largest absolute Gasteiger partial charge is 0.338 e. The van der Waals surface area contributed by atoms with E-state index in [-0.39, 0.29) is 11.2 Å². The van der Waals surface area contributed by atoms with Gasteiger partial charge in [0.1, 0.15) is 5.82 Å². The van der Waals surface area contributed by atoms with Gasteiger partial charge in [-0.2, -0.15) is 4.98 Å². The van der Waals surface area contributed by atoms with E-state index < -0.39 is 0 Å². The van der Waals surface area contributed by atoms with Gasteiger partial charge in [-0.25, -0.2) is 4.98 Å². The fourth-order valence-corrected chi connectivity index (χ4v) is 2.12. The van der Waals surface area contributed by atoms with Crippen molar-refractivity contribution in [2.45, 2.75) is 50.4 Å². The highest BCUT2D eigenvalue weighted by Crippen LogP contribution is 2.32. The van der Waals surface area contributed by atoms with Crippen molar-refractivity contribution in [3.63, 3.8) is 0 Å². The number of H-pyrrole nitrogens is 1. The van der Waals surface area contributed by atoms with Crippen LogP contribution >= 0.6 is 11.8 Å². The molecule has 0 amide bonds. The molecule has 98 valence electrons. The molecule has 0 spiro atoms. The predicted octanol–water partition coefficient (Wildman–Crippen LogP) is 2.73. The van der Waals surface area contributed by atoms with Crippen LogP contribution in [0.1, 0.15) is 56.4 Å². The lowest BCUT2D eigenvalue weighted by molar-refractivity contribution is 0.373. The summed E-state index contributed by atoms with van der Waals surface area (Å²) in [6, 6.07) is 0. The Morgan fingerprint density at radius 3 is 2.61 bits per heavy atom. The van der Waals surface area contributed by atoms with Gasteiger partial charge in [0.2, 0.25) is 11.0 Å². The minimum absolute atomic E-state index is 0.0468. The van der Waals surface area contributed by atoms with Crippen molar-refractivity contribution in [3.05, 3.63) is 17.5 Å². The van der Waals surface area contributed by atoms with E-state index in [1.54, 1.807) is 0 Å². The first kappa shape index (κ1) is 13.1. The van der Waals surface area contributed by atoms with E-state index in [0.29, 0.717) is 11.0 Å². The first-order chi connectivity index (χ1) is 8.60. The van der Waals surface area contributed by atoms with E-state index in [1.807, 2.05) is 27.7 Å². The van der Waals surface area contributed by atoms with E-state index in [0.717, 1.165) is 18.1 Å². The van der Waals surface area contributed by atoms with Crippen molar-refractivity contribution in [1.82, 2.24) is 25.3 Å². The zero-order valence-electron chi connectivity index (χ0n) is 11.0. The molecular formula is C11H17N5OS. The average Bonchev–Trinajstić information content (AvgIpc) is 2.97. The number of rotatable bonds is 5. The molecule has 1 atom stereocenters. The van der Waals surface area contributed by atoms with Gasteiger partial charge in [-0.05, 0) is 6.92 Å². The molecule has 0 bridgehead atoms. The fraction of sp³-hybridized carbons (Fsp3) is 0.636. The molecule has 2 aromatic rings. The summed E-state index contributed by atoms with van der Waals surface area (Å²) in [5.74, 6) is 2.52. The number of aromatic amines is 1. The molecule has 1 N–H and O–H groups in total. The fourth-order valence-electron chi connectivity index (χ4n) is 1.34. The third-order valence-corrected chi connectivity index (χ3v) is 3.40.